The van der Waals surface area contributed by atoms with Crippen LogP contribution in [0.5, 0.6) is 0 Å². The van der Waals surface area contributed by atoms with Crippen molar-refractivity contribution in [1.29, 1.82) is 0 Å². The predicted octanol–water partition coefficient (Wildman–Crippen LogP) is 5.75. The van der Waals surface area contributed by atoms with Gasteiger partial charge in [0.2, 0.25) is 0 Å². The molecule has 0 spiro atoms. The van der Waals surface area contributed by atoms with Gasteiger partial charge in [-0.3, -0.25) is 0 Å². The molecule has 144 valence electrons. The third kappa shape index (κ3) is 5.16. The van der Waals surface area contributed by atoms with Gasteiger partial charge < -0.3 is 15.2 Å². The molecular weight excluding hydrogens is 334 g/mol. The van der Waals surface area contributed by atoms with Crippen molar-refractivity contribution < 1.29 is 0 Å². The monoisotopic (exact) mass is 371 g/mol. The molecule has 2 N–H and O–H groups in total. The van der Waals surface area contributed by atoms with Crippen LogP contribution < -0.4 is 15.8 Å². The van der Waals surface area contributed by atoms with Crippen LogP contribution in [0.15, 0.2) is 30.5 Å². The Morgan fingerprint density at radius 1 is 0.808 bits per heavy atom. The molecule has 0 unspecified atom stereocenters. The van der Waals surface area contributed by atoms with Crippen molar-refractivity contribution >= 4 is 24.8 Å². The van der Waals surface area contributed by atoms with E-state index in [1.165, 1.54) is 22.1 Å². The Morgan fingerprint density at radius 3 is 1.73 bits per heavy atom. The number of nitrogens with zero attached hydrogens (tertiary/aromatic N) is 1. The van der Waals surface area contributed by atoms with Crippen LogP contribution in [0.25, 0.3) is 5.69 Å². The molecular formula is C22H37N3Si. The van der Waals surface area contributed by atoms with Crippen molar-refractivity contribution in [2.75, 3.05) is 10.6 Å². The predicted molar refractivity (Wildman–Crippen MR) is 120 cm³/mol. The van der Waals surface area contributed by atoms with E-state index in [2.05, 4.69) is 114 Å². The van der Waals surface area contributed by atoms with E-state index in [-0.39, 0.29) is 11.1 Å². The molecule has 0 fully saturated rings. The SMILES string of the molecule is Cc1ccc(-n2cc([Si](C)(C)C)c(NC(C)(C)C)c2NC(C)(C)C)cc1. The first kappa shape index (κ1) is 20.6. The Bertz CT molecular complexity index is 751. The molecule has 0 radical (unpaired) electrons. The molecule has 1 heterocycles. The molecule has 0 saturated heterocycles. The number of aryl methyl sites for hydroxylation is 1. The molecule has 0 aliphatic heterocycles. The van der Waals surface area contributed by atoms with Crippen LogP contribution in [0.3, 0.4) is 0 Å². The lowest BCUT2D eigenvalue weighted by atomic mass is 10.1. The summed E-state index contributed by atoms with van der Waals surface area (Å²) in [6.45, 7) is 22.7. The molecule has 3 nitrogen and oxygen atoms in total. The highest BCUT2D eigenvalue weighted by molar-refractivity contribution is 6.90. The smallest absolute Gasteiger partial charge is 0.134 e. The molecule has 0 aliphatic carbocycles. The summed E-state index contributed by atoms with van der Waals surface area (Å²) in [5.41, 5.74) is 3.72. The van der Waals surface area contributed by atoms with Gasteiger partial charge in [-0.25, -0.2) is 0 Å². The van der Waals surface area contributed by atoms with Gasteiger partial charge in [-0.15, -0.1) is 0 Å². The van der Waals surface area contributed by atoms with E-state index in [0.29, 0.717) is 0 Å². The van der Waals surface area contributed by atoms with Gasteiger partial charge in [-0.05, 0) is 65.8 Å². The molecule has 1 aromatic heterocycles. The van der Waals surface area contributed by atoms with Gasteiger partial charge in [0.15, 0.2) is 0 Å². The number of aromatic nitrogens is 1. The minimum atomic E-state index is -1.53. The molecule has 1 aromatic carbocycles. The van der Waals surface area contributed by atoms with E-state index < -0.39 is 8.07 Å². The topological polar surface area (TPSA) is 29.0 Å². The quantitative estimate of drug-likeness (QED) is 0.670. The fourth-order valence-corrected chi connectivity index (χ4v) is 4.41. The largest absolute Gasteiger partial charge is 0.378 e. The van der Waals surface area contributed by atoms with Crippen molar-refractivity contribution in [3.8, 4) is 5.69 Å². The summed E-state index contributed by atoms with van der Waals surface area (Å²) >= 11 is 0. The van der Waals surface area contributed by atoms with E-state index in [1.54, 1.807) is 0 Å². The highest BCUT2D eigenvalue weighted by atomic mass is 28.3. The number of anilines is 2. The van der Waals surface area contributed by atoms with Crippen molar-refractivity contribution in [2.45, 2.75) is 79.2 Å². The Hall–Kier alpha value is -1.68. The van der Waals surface area contributed by atoms with Crippen molar-refractivity contribution in [3.05, 3.63) is 36.0 Å². The third-order valence-electron chi connectivity index (χ3n) is 4.12. The summed E-state index contributed by atoms with van der Waals surface area (Å²) in [5, 5.41) is 9.03. The molecule has 2 rings (SSSR count). The highest BCUT2D eigenvalue weighted by Crippen LogP contribution is 2.32. The Labute approximate surface area is 161 Å². The fraction of sp³-hybridized carbons (Fsp3) is 0.545. The lowest BCUT2D eigenvalue weighted by Crippen LogP contribution is -2.41. The molecule has 2 aromatic rings. The van der Waals surface area contributed by atoms with E-state index >= 15 is 0 Å². The summed E-state index contributed by atoms with van der Waals surface area (Å²) in [4.78, 5) is 0. The molecule has 4 heteroatoms. The zero-order chi connectivity index (χ0) is 19.9. The Balaban J connectivity index is 2.75. The molecule has 0 amide bonds. The molecule has 0 aliphatic rings. The molecule has 0 atom stereocenters. The molecule has 26 heavy (non-hydrogen) atoms. The number of nitrogens with one attached hydrogen (secondary N) is 2. The summed E-state index contributed by atoms with van der Waals surface area (Å²) in [6.07, 6.45) is 2.35. The Kier molecular flexibility index (Phi) is 5.40. The first-order valence-electron chi connectivity index (χ1n) is 9.57. The van der Waals surface area contributed by atoms with Crippen LogP contribution in [-0.4, -0.2) is 23.7 Å². The summed E-state index contributed by atoms with van der Waals surface area (Å²) < 4.78 is 2.33. The van der Waals surface area contributed by atoms with Crippen molar-refractivity contribution in [3.63, 3.8) is 0 Å². The molecule has 0 bridgehead atoms. The van der Waals surface area contributed by atoms with Gasteiger partial charge in [0.1, 0.15) is 5.82 Å². The summed E-state index contributed by atoms with van der Waals surface area (Å²) in [7, 11) is -1.53. The average Bonchev–Trinajstić information content (AvgIpc) is 2.74. The van der Waals surface area contributed by atoms with Gasteiger partial charge in [-0.2, -0.15) is 0 Å². The van der Waals surface area contributed by atoms with Crippen LogP contribution in [0, 0.1) is 6.92 Å². The second kappa shape index (κ2) is 6.80. The fourth-order valence-electron chi connectivity index (χ4n) is 2.96. The zero-order valence-electron chi connectivity index (χ0n) is 18.3. The number of hydrogen-bond acceptors (Lipinski definition) is 2. The van der Waals surface area contributed by atoms with Crippen LogP contribution in [-0.2, 0) is 0 Å². The van der Waals surface area contributed by atoms with E-state index in [1.807, 2.05) is 0 Å². The summed E-state index contributed by atoms with van der Waals surface area (Å²) in [5.74, 6) is 1.16. The third-order valence-corrected chi connectivity index (χ3v) is 6.11. The second-order valence-electron chi connectivity index (χ2n) is 10.5. The minimum Gasteiger partial charge on any atom is -0.378 e. The van der Waals surface area contributed by atoms with Gasteiger partial charge in [0, 0.05) is 23.0 Å². The van der Waals surface area contributed by atoms with E-state index in [0.717, 1.165) is 5.82 Å². The lowest BCUT2D eigenvalue weighted by molar-refractivity contribution is 0.620. The first-order valence-corrected chi connectivity index (χ1v) is 13.1. The number of rotatable bonds is 4. The average molecular weight is 372 g/mol. The van der Waals surface area contributed by atoms with Crippen molar-refractivity contribution in [1.82, 2.24) is 4.57 Å². The van der Waals surface area contributed by atoms with Crippen molar-refractivity contribution in [2.24, 2.45) is 0 Å². The summed E-state index contributed by atoms with van der Waals surface area (Å²) in [6, 6.07) is 8.78. The maximum absolute atomic E-state index is 3.80. The maximum Gasteiger partial charge on any atom is 0.134 e. The first-order chi connectivity index (χ1) is 11.7. The van der Waals surface area contributed by atoms with E-state index in [4.69, 9.17) is 0 Å². The van der Waals surface area contributed by atoms with E-state index in [9.17, 15) is 0 Å². The van der Waals surface area contributed by atoms with Gasteiger partial charge in [0.05, 0.1) is 13.8 Å². The van der Waals surface area contributed by atoms with Crippen LogP contribution in [0.1, 0.15) is 47.1 Å². The van der Waals surface area contributed by atoms with Crippen LogP contribution in [0.4, 0.5) is 11.5 Å². The normalized spacial score (nSPS) is 13.0. The maximum atomic E-state index is 3.80. The van der Waals surface area contributed by atoms with Crippen LogP contribution in [0.2, 0.25) is 19.6 Å². The van der Waals surface area contributed by atoms with Gasteiger partial charge in [0.25, 0.3) is 0 Å². The van der Waals surface area contributed by atoms with Crippen LogP contribution >= 0.6 is 0 Å². The standard InChI is InChI=1S/C22H37N3Si/c1-16-11-13-17(14-12-16)25-15-18(26(8,9)10)19(23-21(2,3)4)20(25)24-22(5,6)7/h11-15,23-24H,1-10H3. The number of benzene rings is 1. The highest BCUT2D eigenvalue weighted by Gasteiger charge is 2.30. The molecule has 0 saturated carbocycles. The lowest BCUT2D eigenvalue weighted by Gasteiger charge is -2.30. The minimum absolute atomic E-state index is 0.00216. The van der Waals surface area contributed by atoms with Gasteiger partial charge >= 0.3 is 0 Å². The van der Waals surface area contributed by atoms with Gasteiger partial charge in [-0.1, -0.05) is 37.3 Å². The Morgan fingerprint density at radius 2 is 1.31 bits per heavy atom. The number of hydrogen-bond donors (Lipinski definition) is 2. The second-order valence-corrected chi connectivity index (χ2v) is 15.5. The zero-order valence-corrected chi connectivity index (χ0v) is 19.3.